The van der Waals surface area contributed by atoms with Gasteiger partial charge in [-0.05, 0) is 31.7 Å². The first-order valence-corrected chi connectivity index (χ1v) is 9.69. The number of urea groups is 1. The second kappa shape index (κ2) is 6.89. The van der Waals surface area contributed by atoms with Crippen molar-refractivity contribution in [2.45, 2.75) is 45.6 Å². The van der Waals surface area contributed by atoms with E-state index in [1.54, 1.807) is 6.92 Å². The van der Waals surface area contributed by atoms with Crippen molar-refractivity contribution >= 4 is 34.5 Å². The number of H-pyrrole nitrogens is 1. The van der Waals surface area contributed by atoms with E-state index in [0.717, 1.165) is 40.0 Å². The molecule has 1 aliphatic carbocycles. The molecule has 0 unspecified atom stereocenters. The van der Waals surface area contributed by atoms with Crippen LogP contribution in [0.25, 0.3) is 10.9 Å². The number of aryl methyl sites for hydroxylation is 1. The Kier molecular flexibility index (Phi) is 4.53. The van der Waals surface area contributed by atoms with E-state index in [1.807, 2.05) is 31.2 Å². The summed E-state index contributed by atoms with van der Waals surface area (Å²) in [5, 5.41) is 0.744. The number of nitrogens with one attached hydrogen (secondary N) is 1. The quantitative estimate of drug-likeness (QED) is 0.501. The molecule has 1 aromatic carbocycles. The normalized spacial score (nSPS) is 23.1. The Bertz CT molecular complexity index is 993. The molecule has 7 heteroatoms. The molecule has 2 heterocycles. The molecule has 2 aliphatic rings. The zero-order valence-corrected chi connectivity index (χ0v) is 16.0. The number of aromatic nitrogens is 1. The zero-order valence-electron chi connectivity index (χ0n) is 16.0. The molecule has 1 saturated carbocycles. The number of hydrogen-bond donors (Lipinski definition) is 1. The highest BCUT2D eigenvalue weighted by Crippen LogP contribution is 2.31. The van der Waals surface area contributed by atoms with Gasteiger partial charge in [-0.2, -0.15) is 0 Å². The van der Waals surface area contributed by atoms with Gasteiger partial charge in [0.25, 0.3) is 0 Å². The molecule has 0 spiro atoms. The Morgan fingerprint density at radius 1 is 1.11 bits per heavy atom. The van der Waals surface area contributed by atoms with Crippen LogP contribution in [0, 0.1) is 12.8 Å². The highest BCUT2D eigenvalue weighted by Gasteiger charge is 2.49. The third-order valence-corrected chi connectivity index (χ3v) is 5.96. The summed E-state index contributed by atoms with van der Waals surface area (Å²) in [6.07, 6.45) is 3.61. The predicted molar refractivity (Wildman–Crippen MR) is 103 cm³/mol. The maximum atomic E-state index is 12.9. The van der Waals surface area contributed by atoms with Crippen LogP contribution in [0.1, 0.15) is 48.7 Å². The van der Waals surface area contributed by atoms with Crippen LogP contribution < -0.4 is 0 Å². The molecule has 1 N–H and O–H groups in total. The summed E-state index contributed by atoms with van der Waals surface area (Å²) in [5.74, 6) is -1.93. The van der Waals surface area contributed by atoms with Crippen molar-refractivity contribution in [2.24, 2.45) is 5.92 Å². The van der Waals surface area contributed by atoms with Crippen molar-refractivity contribution < 1.29 is 19.2 Å². The van der Waals surface area contributed by atoms with Gasteiger partial charge in [0.2, 0.25) is 0 Å². The van der Waals surface area contributed by atoms with E-state index in [2.05, 4.69) is 4.98 Å². The van der Waals surface area contributed by atoms with Crippen LogP contribution in [0.2, 0.25) is 0 Å². The van der Waals surface area contributed by atoms with Crippen LogP contribution >= 0.6 is 0 Å². The Balaban J connectivity index is 1.60. The van der Waals surface area contributed by atoms with Crippen molar-refractivity contribution in [3.63, 3.8) is 0 Å². The van der Waals surface area contributed by atoms with Gasteiger partial charge in [-0.1, -0.05) is 38.0 Å². The number of hydrogen-bond acceptors (Lipinski definition) is 4. The largest absolute Gasteiger partial charge is 0.358 e. The summed E-state index contributed by atoms with van der Waals surface area (Å²) in [6, 6.07) is 6.44. The topological polar surface area (TPSA) is 90.6 Å². The van der Waals surface area contributed by atoms with Crippen molar-refractivity contribution in [2.75, 3.05) is 6.54 Å². The zero-order chi connectivity index (χ0) is 20.0. The molecule has 2 atom stereocenters. The molecule has 4 rings (SSSR count). The summed E-state index contributed by atoms with van der Waals surface area (Å²) in [7, 11) is 0. The van der Waals surface area contributed by atoms with E-state index >= 15 is 0 Å². The first-order valence-electron chi connectivity index (χ1n) is 9.69. The average molecular weight is 381 g/mol. The molecule has 28 heavy (non-hydrogen) atoms. The molecule has 7 nitrogen and oxygen atoms in total. The number of carbonyl (C=O) groups is 4. The van der Waals surface area contributed by atoms with Crippen LogP contribution in [0.5, 0.6) is 0 Å². The molecule has 1 aliphatic heterocycles. The van der Waals surface area contributed by atoms with Crippen LogP contribution in [0.15, 0.2) is 24.3 Å². The van der Waals surface area contributed by atoms with Crippen LogP contribution in [0.4, 0.5) is 4.79 Å². The fourth-order valence-electron chi connectivity index (χ4n) is 4.49. The summed E-state index contributed by atoms with van der Waals surface area (Å²) >= 11 is 0. The lowest BCUT2D eigenvalue weighted by Gasteiger charge is -2.34. The van der Waals surface area contributed by atoms with E-state index in [1.165, 1.54) is 0 Å². The highest BCUT2D eigenvalue weighted by atomic mass is 16.2. The van der Waals surface area contributed by atoms with E-state index in [0.29, 0.717) is 17.7 Å². The summed E-state index contributed by atoms with van der Waals surface area (Å²) < 4.78 is 0. The number of para-hydroxylation sites is 1. The number of rotatable bonds is 4. The lowest BCUT2D eigenvalue weighted by atomic mass is 9.85. The SMILES string of the molecule is Cc1[nH]c2ccccc2c1C(=O)CN1C(=O)C(=O)N([C@@H]2CCCC[C@H]2C)C1=O. The summed E-state index contributed by atoms with van der Waals surface area (Å²) in [4.78, 5) is 55.8. The minimum atomic E-state index is -0.909. The maximum absolute atomic E-state index is 12.9. The Hall–Kier alpha value is -2.96. The number of carbonyl (C=O) groups excluding carboxylic acids is 4. The number of imide groups is 2. The number of aromatic amines is 1. The number of nitrogens with zero attached hydrogens (tertiary/aromatic N) is 2. The molecule has 0 bridgehead atoms. The average Bonchev–Trinajstić information content (AvgIpc) is 3.11. The van der Waals surface area contributed by atoms with E-state index in [9.17, 15) is 19.2 Å². The van der Waals surface area contributed by atoms with Gasteiger partial charge in [0, 0.05) is 28.2 Å². The maximum Gasteiger partial charge on any atom is 0.334 e. The fraction of sp³-hybridized carbons (Fsp3) is 0.429. The number of Topliss-reactive ketones (excluding diaryl/α,β-unsaturated/α-hetero) is 1. The van der Waals surface area contributed by atoms with Gasteiger partial charge in [-0.25, -0.2) is 9.69 Å². The molecular formula is C21H23N3O4. The van der Waals surface area contributed by atoms with Crippen molar-refractivity contribution in [1.29, 1.82) is 0 Å². The van der Waals surface area contributed by atoms with Crippen molar-refractivity contribution in [3.05, 3.63) is 35.5 Å². The monoisotopic (exact) mass is 381 g/mol. The molecule has 2 fully saturated rings. The van der Waals surface area contributed by atoms with Gasteiger partial charge in [-0.3, -0.25) is 19.3 Å². The van der Waals surface area contributed by atoms with Gasteiger partial charge >= 0.3 is 17.8 Å². The second-order valence-electron chi connectivity index (χ2n) is 7.77. The molecule has 1 aromatic heterocycles. The summed E-state index contributed by atoms with van der Waals surface area (Å²) in [5.41, 5.74) is 1.94. The fourth-order valence-corrected chi connectivity index (χ4v) is 4.49. The Labute approximate surface area is 162 Å². The number of benzene rings is 1. The minimum Gasteiger partial charge on any atom is -0.358 e. The van der Waals surface area contributed by atoms with Crippen LogP contribution in [0.3, 0.4) is 0 Å². The molecule has 2 aromatic rings. The molecule has 4 amide bonds. The molecule has 1 saturated heterocycles. The Morgan fingerprint density at radius 2 is 1.82 bits per heavy atom. The van der Waals surface area contributed by atoms with Crippen LogP contribution in [-0.2, 0) is 9.59 Å². The molecule has 146 valence electrons. The first kappa shape index (κ1) is 18.4. The van der Waals surface area contributed by atoms with E-state index in [4.69, 9.17) is 0 Å². The minimum absolute atomic E-state index is 0.154. The van der Waals surface area contributed by atoms with Gasteiger partial charge in [0.1, 0.15) is 0 Å². The highest BCUT2D eigenvalue weighted by molar-refractivity contribution is 6.45. The van der Waals surface area contributed by atoms with Crippen molar-refractivity contribution in [1.82, 2.24) is 14.8 Å². The third-order valence-electron chi connectivity index (χ3n) is 5.96. The molecule has 0 radical (unpaired) electrons. The predicted octanol–water partition coefficient (Wildman–Crippen LogP) is 3.03. The van der Waals surface area contributed by atoms with E-state index < -0.39 is 24.4 Å². The molecular weight excluding hydrogens is 358 g/mol. The van der Waals surface area contributed by atoms with Gasteiger partial charge < -0.3 is 4.98 Å². The lowest BCUT2D eigenvalue weighted by Crippen LogP contribution is -2.46. The standard InChI is InChI=1S/C21H23N3O4/c1-12-7-3-6-10-16(12)24-20(27)19(26)23(21(24)28)11-17(25)18-13(2)22-15-9-5-4-8-14(15)18/h4-5,8-9,12,16,22H,3,6-7,10-11H2,1-2H3/t12-,16-/m1/s1. The van der Waals surface area contributed by atoms with E-state index in [-0.39, 0.29) is 17.7 Å². The number of fused-ring (bicyclic) bond motifs is 1. The smallest absolute Gasteiger partial charge is 0.334 e. The van der Waals surface area contributed by atoms with Crippen LogP contribution in [-0.4, -0.2) is 51.0 Å². The Morgan fingerprint density at radius 3 is 2.57 bits per heavy atom. The third kappa shape index (κ3) is 2.82. The van der Waals surface area contributed by atoms with Crippen molar-refractivity contribution in [3.8, 4) is 0 Å². The lowest BCUT2D eigenvalue weighted by molar-refractivity contribution is -0.144. The summed E-state index contributed by atoms with van der Waals surface area (Å²) in [6.45, 7) is 3.35. The van der Waals surface area contributed by atoms with Gasteiger partial charge in [-0.15, -0.1) is 0 Å². The van der Waals surface area contributed by atoms with Gasteiger partial charge in [0.15, 0.2) is 5.78 Å². The van der Waals surface area contributed by atoms with Gasteiger partial charge in [0.05, 0.1) is 6.54 Å². The number of ketones is 1. The second-order valence-corrected chi connectivity index (χ2v) is 7.77. The first-order chi connectivity index (χ1) is 13.4. The number of amides is 4.